The summed E-state index contributed by atoms with van der Waals surface area (Å²) in [5, 5.41) is 6.53. The highest BCUT2D eigenvalue weighted by Gasteiger charge is 2.35. The van der Waals surface area contributed by atoms with E-state index in [9.17, 15) is 9.59 Å². The van der Waals surface area contributed by atoms with Gasteiger partial charge in [-0.3, -0.25) is 9.59 Å². The summed E-state index contributed by atoms with van der Waals surface area (Å²) in [7, 11) is 0. The number of amides is 2. The van der Waals surface area contributed by atoms with Crippen molar-refractivity contribution in [1.29, 1.82) is 0 Å². The van der Waals surface area contributed by atoms with Crippen LogP contribution in [-0.2, 0) is 16.0 Å². The maximum absolute atomic E-state index is 12.7. The second kappa shape index (κ2) is 9.20. The number of piperidine rings is 1. The van der Waals surface area contributed by atoms with Crippen molar-refractivity contribution in [2.75, 3.05) is 19.6 Å². The molecule has 2 amide bonds. The lowest BCUT2D eigenvalue weighted by atomic mass is 9.95. The molecule has 2 saturated heterocycles. The minimum atomic E-state index is -0.303. The minimum Gasteiger partial charge on any atom is -0.351 e. The molecule has 2 N–H and O–H groups in total. The molecule has 2 aliphatic heterocycles. The first-order chi connectivity index (χ1) is 11.6. The molecular weight excluding hydrogens is 338 g/mol. The molecule has 0 aliphatic carbocycles. The average Bonchev–Trinajstić information content (AvgIpc) is 3.08. The lowest BCUT2D eigenvalue weighted by Crippen LogP contribution is -2.53. The smallest absolute Gasteiger partial charge is 0.243 e. The Labute approximate surface area is 155 Å². The lowest BCUT2D eigenvalue weighted by Gasteiger charge is -2.32. The first-order valence-corrected chi connectivity index (χ1v) is 8.99. The number of nitrogens with zero attached hydrogens (tertiary/aromatic N) is 1. The molecule has 1 aromatic rings. The fourth-order valence-electron chi connectivity index (χ4n) is 3.72. The normalized spacial score (nSPS) is 26.0. The molecule has 0 spiro atoms. The maximum Gasteiger partial charge on any atom is 0.243 e. The zero-order chi connectivity index (χ0) is 16.9. The highest BCUT2D eigenvalue weighted by atomic mass is 35.5. The number of nitrogens with one attached hydrogen (secondary N) is 2. The van der Waals surface area contributed by atoms with Gasteiger partial charge in [-0.2, -0.15) is 0 Å². The second-order valence-electron chi connectivity index (χ2n) is 6.99. The predicted octanol–water partition coefficient (Wildman–Crippen LogP) is 1.76. The Balaban J connectivity index is 0.00000225. The summed E-state index contributed by atoms with van der Waals surface area (Å²) in [6.07, 6.45) is 3.00. The number of likely N-dealkylation sites (tertiary alicyclic amines) is 1. The molecule has 0 radical (unpaired) electrons. The highest BCUT2D eigenvalue weighted by Crippen LogP contribution is 2.20. The van der Waals surface area contributed by atoms with Crippen molar-refractivity contribution in [3.63, 3.8) is 0 Å². The van der Waals surface area contributed by atoms with Crippen LogP contribution in [0.3, 0.4) is 0 Å². The van der Waals surface area contributed by atoms with Crippen LogP contribution in [0.15, 0.2) is 30.3 Å². The van der Waals surface area contributed by atoms with Crippen LogP contribution in [0.2, 0.25) is 0 Å². The molecule has 138 valence electrons. The minimum absolute atomic E-state index is 0. The van der Waals surface area contributed by atoms with Crippen LogP contribution in [0, 0.1) is 5.92 Å². The molecule has 0 saturated carbocycles. The first kappa shape index (κ1) is 19.7. The third-order valence-electron chi connectivity index (χ3n) is 5.19. The van der Waals surface area contributed by atoms with E-state index in [4.69, 9.17) is 0 Å². The van der Waals surface area contributed by atoms with Crippen molar-refractivity contribution in [1.82, 2.24) is 15.5 Å². The molecule has 0 bridgehead atoms. The summed E-state index contributed by atoms with van der Waals surface area (Å²) in [5.41, 5.74) is 1.00. The Hall–Kier alpha value is -1.59. The Kier molecular flexibility index (Phi) is 7.26. The number of benzene rings is 1. The summed E-state index contributed by atoms with van der Waals surface area (Å²) in [6, 6.07) is 9.65. The van der Waals surface area contributed by atoms with Crippen LogP contribution in [-0.4, -0.2) is 48.4 Å². The summed E-state index contributed by atoms with van der Waals surface area (Å²) in [5.74, 6) is 0.502. The van der Waals surface area contributed by atoms with E-state index in [1.54, 1.807) is 4.90 Å². The van der Waals surface area contributed by atoms with Crippen LogP contribution in [0.4, 0.5) is 0 Å². The number of rotatable bonds is 4. The van der Waals surface area contributed by atoms with Crippen LogP contribution >= 0.6 is 12.4 Å². The van der Waals surface area contributed by atoms with Crippen LogP contribution in [0.5, 0.6) is 0 Å². The van der Waals surface area contributed by atoms with Gasteiger partial charge in [-0.1, -0.05) is 37.3 Å². The average molecular weight is 366 g/mol. The Morgan fingerprint density at radius 1 is 1.24 bits per heavy atom. The van der Waals surface area contributed by atoms with E-state index in [-0.39, 0.29) is 36.3 Å². The van der Waals surface area contributed by atoms with Crippen molar-refractivity contribution in [3.05, 3.63) is 35.9 Å². The van der Waals surface area contributed by atoms with Gasteiger partial charge in [0.25, 0.3) is 0 Å². The lowest BCUT2D eigenvalue weighted by molar-refractivity contribution is -0.138. The standard InChI is InChI=1S/C19H27N3O2.ClH/c1-14-13-20-10-9-16(14)21-19(24)17-8-5-11-22(17)18(23)12-15-6-3-2-4-7-15;/h2-4,6-7,14,16-17,20H,5,8-13H2,1H3,(H,21,24);1H. The Morgan fingerprint density at radius 2 is 2.00 bits per heavy atom. The molecule has 25 heavy (non-hydrogen) atoms. The summed E-state index contributed by atoms with van der Waals surface area (Å²) in [6.45, 7) is 4.72. The van der Waals surface area contributed by atoms with E-state index >= 15 is 0 Å². The van der Waals surface area contributed by atoms with Gasteiger partial charge in [-0.25, -0.2) is 0 Å². The molecule has 6 heteroatoms. The summed E-state index contributed by atoms with van der Waals surface area (Å²) in [4.78, 5) is 27.1. The molecular formula is C19H28ClN3O2. The van der Waals surface area contributed by atoms with Gasteiger partial charge in [-0.15, -0.1) is 12.4 Å². The van der Waals surface area contributed by atoms with Gasteiger partial charge in [0.05, 0.1) is 6.42 Å². The Morgan fingerprint density at radius 3 is 2.72 bits per heavy atom. The molecule has 1 aromatic carbocycles. The SMILES string of the molecule is CC1CNCCC1NC(=O)C1CCCN1C(=O)Cc1ccccc1.Cl. The van der Waals surface area contributed by atoms with Crippen molar-refractivity contribution in [2.45, 2.75) is 44.7 Å². The molecule has 5 nitrogen and oxygen atoms in total. The summed E-state index contributed by atoms with van der Waals surface area (Å²) >= 11 is 0. The number of carbonyl (C=O) groups excluding carboxylic acids is 2. The molecule has 2 heterocycles. The second-order valence-corrected chi connectivity index (χ2v) is 6.99. The van der Waals surface area contributed by atoms with Crippen LogP contribution in [0.1, 0.15) is 31.7 Å². The van der Waals surface area contributed by atoms with E-state index in [1.165, 1.54) is 0 Å². The first-order valence-electron chi connectivity index (χ1n) is 8.99. The fraction of sp³-hybridized carbons (Fsp3) is 0.579. The monoisotopic (exact) mass is 365 g/mol. The van der Waals surface area contributed by atoms with Gasteiger partial charge in [0.1, 0.15) is 6.04 Å². The number of hydrogen-bond acceptors (Lipinski definition) is 3. The quantitative estimate of drug-likeness (QED) is 0.854. The molecule has 3 atom stereocenters. The van der Waals surface area contributed by atoms with Gasteiger partial charge >= 0.3 is 0 Å². The Bertz CT molecular complexity index is 581. The highest BCUT2D eigenvalue weighted by molar-refractivity contribution is 5.89. The zero-order valence-electron chi connectivity index (χ0n) is 14.7. The third-order valence-corrected chi connectivity index (χ3v) is 5.19. The van der Waals surface area contributed by atoms with E-state index in [1.807, 2.05) is 30.3 Å². The largest absolute Gasteiger partial charge is 0.351 e. The fourth-order valence-corrected chi connectivity index (χ4v) is 3.72. The predicted molar refractivity (Wildman–Crippen MR) is 101 cm³/mol. The summed E-state index contributed by atoms with van der Waals surface area (Å²) < 4.78 is 0. The van der Waals surface area contributed by atoms with Crippen molar-refractivity contribution < 1.29 is 9.59 Å². The molecule has 2 aliphatic rings. The molecule has 0 aromatic heterocycles. The molecule has 3 unspecified atom stereocenters. The van der Waals surface area contributed by atoms with E-state index in [0.29, 0.717) is 18.9 Å². The van der Waals surface area contributed by atoms with E-state index in [2.05, 4.69) is 17.6 Å². The topological polar surface area (TPSA) is 61.4 Å². The third kappa shape index (κ3) is 4.95. The van der Waals surface area contributed by atoms with Gasteiger partial charge in [0.15, 0.2) is 0 Å². The van der Waals surface area contributed by atoms with Crippen molar-refractivity contribution in [2.24, 2.45) is 5.92 Å². The van der Waals surface area contributed by atoms with Gasteiger partial charge < -0.3 is 15.5 Å². The van der Waals surface area contributed by atoms with Gasteiger partial charge in [0, 0.05) is 12.6 Å². The zero-order valence-corrected chi connectivity index (χ0v) is 15.6. The van der Waals surface area contributed by atoms with Gasteiger partial charge in [-0.05, 0) is 43.8 Å². The number of halogens is 1. The van der Waals surface area contributed by atoms with Crippen molar-refractivity contribution >= 4 is 24.2 Å². The number of carbonyl (C=O) groups is 2. The molecule has 3 rings (SSSR count). The number of hydrogen-bond donors (Lipinski definition) is 2. The van der Waals surface area contributed by atoms with Crippen LogP contribution in [0.25, 0.3) is 0 Å². The maximum atomic E-state index is 12.7. The van der Waals surface area contributed by atoms with Crippen LogP contribution < -0.4 is 10.6 Å². The van der Waals surface area contributed by atoms with Gasteiger partial charge in [0.2, 0.25) is 11.8 Å². The van der Waals surface area contributed by atoms with Crippen molar-refractivity contribution in [3.8, 4) is 0 Å². The van der Waals surface area contributed by atoms with E-state index < -0.39 is 0 Å². The molecule has 2 fully saturated rings. The van der Waals surface area contributed by atoms with E-state index in [0.717, 1.165) is 37.9 Å².